The Balaban J connectivity index is 0.000000221. The van der Waals surface area contributed by atoms with Crippen LogP contribution >= 0.6 is 0 Å². The molecule has 0 aromatic heterocycles. The average molecular weight is 413 g/mol. The highest BCUT2D eigenvalue weighted by molar-refractivity contribution is 7.85. The molecule has 28 heavy (non-hydrogen) atoms. The number of nitrogens with one attached hydrogen (secondary N) is 1. The zero-order valence-electron chi connectivity index (χ0n) is 16.7. The molecule has 0 unspecified atom stereocenters. The molecule has 1 aromatic rings. The number of nitrogens with zero attached hydrogens (tertiary/aromatic N) is 4. The van der Waals surface area contributed by atoms with Crippen molar-refractivity contribution in [2.45, 2.75) is 18.2 Å². The maximum Gasteiger partial charge on any atom is 0.294 e. The molecule has 0 radical (unpaired) electrons. The lowest BCUT2D eigenvalue weighted by atomic mass is 10.2. The van der Waals surface area contributed by atoms with Crippen LogP contribution in [0.1, 0.15) is 12.0 Å². The molecule has 4 N–H and O–H groups in total. The van der Waals surface area contributed by atoms with E-state index in [0.29, 0.717) is 0 Å². The van der Waals surface area contributed by atoms with Crippen LogP contribution in [0, 0.1) is 6.92 Å². The summed E-state index contributed by atoms with van der Waals surface area (Å²) < 4.78 is 29.6. The molecule has 0 spiro atoms. The van der Waals surface area contributed by atoms with Gasteiger partial charge in [-0.3, -0.25) is 14.6 Å². The van der Waals surface area contributed by atoms with E-state index in [1.165, 1.54) is 44.9 Å². The van der Waals surface area contributed by atoms with Gasteiger partial charge in [-0.05, 0) is 39.1 Å². The SMILES string of the molecule is CN1CCN(CCCNC2=NCCN2N)CC1.Cc1ccc(S(=O)(=O)O)cc1. The van der Waals surface area contributed by atoms with Gasteiger partial charge in [0.25, 0.3) is 10.1 Å². The Labute approximate surface area is 167 Å². The summed E-state index contributed by atoms with van der Waals surface area (Å²) in [6.07, 6.45) is 1.15. The molecule has 158 valence electrons. The lowest BCUT2D eigenvalue weighted by Gasteiger charge is -2.32. The van der Waals surface area contributed by atoms with Crippen molar-refractivity contribution in [3.63, 3.8) is 0 Å². The third-order valence-electron chi connectivity index (χ3n) is 4.72. The van der Waals surface area contributed by atoms with Gasteiger partial charge in [0.05, 0.1) is 18.0 Å². The number of likely N-dealkylation sites (N-methyl/N-ethyl adjacent to an activating group) is 1. The summed E-state index contributed by atoms with van der Waals surface area (Å²) in [6.45, 7) is 10.4. The summed E-state index contributed by atoms with van der Waals surface area (Å²) in [7, 11) is -1.83. The highest BCUT2D eigenvalue weighted by Gasteiger charge is 2.14. The summed E-state index contributed by atoms with van der Waals surface area (Å²) in [5, 5.41) is 4.98. The van der Waals surface area contributed by atoms with Crippen LogP contribution in [0.3, 0.4) is 0 Å². The summed E-state index contributed by atoms with van der Waals surface area (Å²) in [5.74, 6) is 6.59. The molecular weight excluding hydrogens is 380 g/mol. The first-order valence-corrected chi connectivity index (χ1v) is 11.0. The smallest absolute Gasteiger partial charge is 0.294 e. The number of hydrogen-bond acceptors (Lipinski definition) is 8. The second kappa shape index (κ2) is 10.7. The van der Waals surface area contributed by atoms with Crippen molar-refractivity contribution in [3.8, 4) is 0 Å². The molecule has 0 atom stereocenters. The molecule has 0 aliphatic carbocycles. The normalized spacial score (nSPS) is 18.4. The Morgan fingerprint density at radius 2 is 1.79 bits per heavy atom. The van der Waals surface area contributed by atoms with Crippen LogP contribution in [0.5, 0.6) is 0 Å². The van der Waals surface area contributed by atoms with Crippen LogP contribution in [-0.2, 0) is 10.1 Å². The minimum Gasteiger partial charge on any atom is -0.355 e. The van der Waals surface area contributed by atoms with Crippen LogP contribution in [0.15, 0.2) is 34.2 Å². The van der Waals surface area contributed by atoms with Gasteiger partial charge in [-0.15, -0.1) is 0 Å². The van der Waals surface area contributed by atoms with Gasteiger partial charge in [-0.1, -0.05) is 17.7 Å². The predicted octanol–water partition coefficient (Wildman–Crippen LogP) is 0.000520. The highest BCUT2D eigenvalue weighted by Crippen LogP contribution is 2.08. The second-order valence-electron chi connectivity index (χ2n) is 7.11. The fourth-order valence-corrected chi connectivity index (χ4v) is 3.38. The number of hydrogen-bond donors (Lipinski definition) is 3. The van der Waals surface area contributed by atoms with Crippen molar-refractivity contribution in [3.05, 3.63) is 29.8 Å². The molecule has 3 rings (SSSR count). The minimum absolute atomic E-state index is 0.0666. The van der Waals surface area contributed by atoms with Crippen LogP contribution < -0.4 is 11.2 Å². The Morgan fingerprint density at radius 3 is 2.32 bits per heavy atom. The molecule has 2 aliphatic rings. The van der Waals surface area contributed by atoms with E-state index in [9.17, 15) is 8.42 Å². The van der Waals surface area contributed by atoms with Crippen molar-refractivity contribution < 1.29 is 13.0 Å². The summed E-state index contributed by atoms with van der Waals surface area (Å²) in [6, 6.07) is 5.99. The number of hydrazine groups is 1. The van der Waals surface area contributed by atoms with Crippen LogP contribution in [0.25, 0.3) is 0 Å². The zero-order chi connectivity index (χ0) is 20.6. The quantitative estimate of drug-likeness (QED) is 0.352. The van der Waals surface area contributed by atoms with Gasteiger partial charge in [0.1, 0.15) is 0 Å². The Hall–Kier alpha value is -1.72. The van der Waals surface area contributed by atoms with Crippen LogP contribution in [0.2, 0.25) is 0 Å². The number of aryl methyl sites for hydroxylation is 1. The van der Waals surface area contributed by atoms with Gasteiger partial charge >= 0.3 is 0 Å². The van der Waals surface area contributed by atoms with E-state index in [-0.39, 0.29) is 4.90 Å². The summed E-state index contributed by atoms with van der Waals surface area (Å²) in [5.41, 5.74) is 0.956. The fraction of sp³-hybridized carbons (Fsp3) is 0.611. The number of rotatable bonds is 5. The first-order chi connectivity index (χ1) is 13.3. The number of guanidine groups is 1. The average Bonchev–Trinajstić information content (AvgIpc) is 3.05. The maximum atomic E-state index is 10.5. The highest BCUT2D eigenvalue weighted by atomic mass is 32.2. The molecule has 1 saturated heterocycles. The van der Waals surface area contributed by atoms with Crippen molar-refractivity contribution in [1.29, 1.82) is 0 Å². The zero-order valence-corrected chi connectivity index (χ0v) is 17.5. The Morgan fingerprint density at radius 1 is 1.14 bits per heavy atom. The van der Waals surface area contributed by atoms with Gasteiger partial charge in [0.15, 0.2) is 0 Å². The van der Waals surface area contributed by atoms with Gasteiger partial charge in [-0.2, -0.15) is 8.42 Å². The first kappa shape index (κ1) is 22.6. The number of benzene rings is 1. The van der Waals surface area contributed by atoms with E-state index in [4.69, 9.17) is 10.4 Å². The second-order valence-corrected chi connectivity index (χ2v) is 8.53. The molecule has 0 amide bonds. The van der Waals surface area contributed by atoms with E-state index in [2.05, 4.69) is 27.2 Å². The van der Waals surface area contributed by atoms with E-state index >= 15 is 0 Å². The Bertz CT molecular complexity index is 730. The predicted molar refractivity (Wildman–Crippen MR) is 111 cm³/mol. The topological polar surface area (TPSA) is 114 Å². The maximum absolute atomic E-state index is 10.5. The lowest BCUT2D eigenvalue weighted by Crippen LogP contribution is -2.46. The standard InChI is InChI=1S/C11H24N6.C7H8O3S/c1-15-7-9-16(10-8-15)5-2-3-13-11-14-4-6-17(11)12;1-6-2-4-7(5-3-6)11(8,9)10/h2-10,12H2,1H3,(H,13,14);2-5H,1H3,(H,8,9,10). The first-order valence-electron chi connectivity index (χ1n) is 9.51. The van der Waals surface area contributed by atoms with Crippen molar-refractivity contribution in [1.82, 2.24) is 20.1 Å². The molecule has 1 fully saturated rings. The molecule has 0 saturated carbocycles. The van der Waals surface area contributed by atoms with E-state index < -0.39 is 10.1 Å². The van der Waals surface area contributed by atoms with E-state index in [1.54, 1.807) is 17.1 Å². The molecule has 1 aromatic carbocycles. The molecular formula is C18H32N6O3S. The third-order valence-corrected chi connectivity index (χ3v) is 5.59. The van der Waals surface area contributed by atoms with E-state index in [1.807, 2.05) is 6.92 Å². The van der Waals surface area contributed by atoms with E-state index in [0.717, 1.165) is 37.6 Å². The van der Waals surface area contributed by atoms with Gasteiger partial charge in [0.2, 0.25) is 5.96 Å². The molecule has 0 bridgehead atoms. The molecule has 9 nitrogen and oxygen atoms in total. The van der Waals surface area contributed by atoms with Crippen LogP contribution in [0.4, 0.5) is 0 Å². The molecule has 2 aliphatic heterocycles. The third kappa shape index (κ3) is 7.72. The summed E-state index contributed by atoms with van der Waals surface area (Å²) in [4.78, 5) is 9.14. The summed E-state index contributed by atoms with van der Waals surface area (Å²) >= 11 is 0. The van der Waals surface area contributed by atoms with Crippen LogP contribution in [-0.4, -0.2) is 93.1 Å². The van der Waals surface area contributed by atoms with Gasteiger partial charge < -0.3 is 15.1 Å². The van der Waals surface area contributed by atoms with Gasteiger partial charge in [0, 0.05) is 32.7 Å². The van der Waals surface area contributed by atoms with Crippen molar-refractivity contribution >= 4 is 16.1 Å². The monoisotopic (exact) mass is 412 g/mol. The minimum atomic E-state index is -4.02. The number of aliphatic imine (C=N–C) groups is 1. The molecule has 2 heterocycles. The van der Waals surface area contributed by atoms with Crippen molar-refractivity contribution in [2.24, 2.45) is 10.8 Å². The van der Waals surface area contributed by atoms with Crippen molar-refractivity contribution in [2.75, 3.05) is 59.4 Å². The van der Waals surface area contributed by atoms with Gasteiger partial charge in [-0.25, -0.2) is 5.84 Å². The fourth-order valence-electron chi connectivity index (χ4n) is 2.90. The lowest BCUT2D eigenvalue weighted by molar-refractivity contribution is 0.153. The number of nitrogens with two attached hydrogens (primary N) is 1. The molecule has 10 heteroatoms. The Kier molecular flexibility index (Phi) is 8.64. The largest absolute Gasteiger partial charge is 0.355 e. The number of piperazine rings is 1.